The van der Waals surface area contributed by atoms with Gasteiger partial charge in [0.05, 0.1) is 5.56 Å². The second kappa shape index (κ2) is 6.01. The molecule has 2 N–H and O–H groups in total. The minimum absolute atomic E-state index is 0.0841. The minimum atomic E-state index is -0.198. The van der Waals surface area contributed by atoms with E-state index in [1.165, 1.54) is 6.07 Å². The monoisotopic (exact) mass is 298 g/mol. The summed E-state index contributed by atoms with van der Waals surface area (Å²) in [6.07, 6.45) is 2.65. The first-order chi connectivity index (χ1) is 10.6. The summed E-state index contributed by atoms with van der Waals surface area (Å²) in [7, 11) is 0. The van der Waals surface area contributed by atoms with Crippen LogP contribution < -0.4 is 15.8 Å². The smallest absolute Gasteiger partial charge is 0.253 e. The molecule has 22 heavy (non-hydrogen) atoms. The van der Waals surface area contributed by atoms with Gasteiger partial charge in [0.1, 0.15) is 5.82 Å². The van der Waals surface area contributed by atoms with Crippen LogP contribution in [0, 0.1) is 6.92 Å². The summed E-state index contributed by atoms with van der Waals surface area (Å²) in [6, 6.07) is 8.83. The van der Waals surface area contributed by atoms with Crippen LogP contribution in [0.3, 0.4) is 0 Å². The Balaban J connectivity index is 1.65. The average molecular weight is 298 g/mol. The maximum absolute atomic E-state index is 12.3. The number of H-pyrrole nitrogens is 1. The Morgan fingerprint density at radius 1 is 1.36 bits per heavy atom. The standard InChI is InChI=1S/C16H18N4O2/c1-11-13(5-6-15(21)18-11)16(22)19-12-7-9-20(10-12)14-4-2-3-8-17-14/h2-6,8,12H,7,9-10H2,1H3,(H,18,21)(H,19,22)/t12-/m1/s1. The molecule has 1 saturated heterocycles. The van der Waals surface area contributed by atoms with Crippen molar-refractivity contribution >= 4 is 11.7 Å². The zero-order valence-electron chi connectivity index (χ0n) is 12.4. The predicted molar refractivity (Wildman–Crippen MR) is 84.1 cm³/mol. The van der Waals surface area contributed by atoms with E-state index in [0.29, 0.717) is 11.3 Å². The molecule has 0 spiro atoms. The summed E-state index contributed by atoms with van der Waals surface area (Å²) in [5.41, 5.74) is 0.900. The molecule has 2 aromatic heterocycles. The number of anilines is 1. The summed E-state index contributed by atoms with van der Waals surface area (Å²) in [4.78, 5) is 32.6. The van der Waals surface area contributed by atoms with Gasteiger partial charge in [0.2, 0.25) is 5.56 Å². The number of pyridine rings is 2. The Labute approximate surface area is 128 Å². The number of carbonyl (C=O) groups is 1. The van der Waals surface area contributed by atoms with Gasteiger partial charge < -0.3 is 15.2 Å². The molecule has 0 unspecified atom stereocenters. The number of nitrogens with zero attached hydrogens (tertiary/aromatic N) is 2. The van der Waals surface area contributed by atoms with Crippen LogP contribution in [0.25, 0.3) is 0 Å². The Bertz CT molecular complexity index is 726. The molecule has 0 aliphatic carbocycles. The molecule has 1 amide bonds. The molecule has 0 radical (unpaired) electrons. The molecule has 6 nitrogen and oxygen atoms in total. The quantitative estimate of drug-likeness (QED) is 0.889. The van der Waals surface area contributed by atoms with Crippen molar-refractivity contribution in [2.24, 2.45) is 0 Å². The molecule has 0 aromatic carbocycles. The average Bonchev–Trinajstić information content (AvgIpc) is 2.96. The van der Waals surface area contributed by atoms with E-state index in [0.717, 1.165) is 25.3 Å². The van der Waals surface area contributed by atoms with Gasteiger partial charge >= 0.3 is 0 Å². The zero-order valence-corrected chi connectivity index (χ0v) is 12.4. The molecule has 1 aliphatic rings. The highest BCUT2D eigenvalue weighted by Gasteiger charge is 2.25. The van der Waals surface area contributed by atoms with E-state index in [4.69, 9.17) is 0 Å². The maximum atomic E-state index is 12.3. The molecule has 3 rings (SSSR count). The maximum Gasteiger partial charge on any atom is 0.253 e. The van der Waals surface area contributed by atoms with E-state index in [9.17, 15) is 9.59 Å². The van der Waals surface area contributed by atoms with Crippen LogP contribution >= 0.6 is 0 Å². The van der Waals surface area contributed by atoms with E-state index < -0.39 is 0 Å². The molecule has 114 valence electrons. The predicted octanol–water partition coefficient (Wildman–Crippen LogP) is 1.09. The summed E-state index contributed by atoms with van der Waals surface area (Å²) in [5, 5.41) is 3.02. The molecule has 0 bridgehead atoms. The van der Waals surface area contributed by atoms with Crippen molar-refractivity contribution in [3.05, 3.63) is 58.1 Å². The molecule has 2 aromatic rings. The zero-order chi connectivity index (χ0) is 15.5. The van der Waals surface area contributed by atoms with Crippen molar-refractivity contribution in [1.82, 2.24) is 15.3 Å². The minimum Gasteiger partial charge on any atom is -0.354 e. The first-order valence-corrected chi connectivity index (χ1v) is 7.30. The van der Waals surface area contributed by atoms with E-state index in [-0.39, 0.29) is 17.5 Å². The number of aromatic amines is 1. The first-order valence-electron chi connectivity index (χ1n) is 7.30. The van der Waals surface area contributed by atoms with E-state index in [2.05, 4.69) is 20.2 Å². The third-order valence-electron chi connectivity index (χ3n) is 3.86. The Hall–Kier alpha value is -2.63. The third-order valence-corrected chi connectivity index (χ3v) is 3.86. The number of carbonyl (C=O) groups excluding carboxylic acids is 1. The SMILES string of the molecule is Cc1[nH]c(=O)ccc1C(=O)N[C@@H]1CCN(c2ccccn2)C1. The highest BCUT2D eigenvalue weighted by molar-refractivity contribution is 5.95. The highest BCUT2D eigenvalue weighted by atomic mass is 16.2. The molecule has 6 heteroatoms. The molecule has 0 saturated carbocycles. The largest absolute Gasteiger partial charge is 0.354 e. The fourth-order valence-corrected chi connectivity index (χ4v) is 2.71. The lowest BCUT2D eigenvalue weighted by molar-refractivity contribution is 0.0939. The van der Waals surface area contributed by atoms with Gasteiger partial charge in [0.25, 0.3) is 5.91 Å². The van der Waals surface area contributed by atoms with Crippen LogP contribution in [0.5, 0.6) is 0 Å². The van der Waals surface area contributed by atoms with Crippen LogP contribution in [0.1, 0.15) is 22.5 Å². The molecule has 1 aliphatic heterocycles. The van der Waals surface area contributed by atoms with Gasteiger partial charge in [-0.1, -0.05) is 6.07 Å². The third kappa shape index (κ3) is 3.00. The van der Waals surface area contributed by atoms with Crippen molar-refractivity contribution in [2.45, 2.75) is 19.4 Å². The van der Waals surface area contributed by atoms with Crippen molar-refractivity contribution in [3.63, 3.8) is 0 Å². The lowest BCUT2D eigenvalue weighted by Gasteiger charge is -2.18. The van der Waals surface area contributed by atoms with E-state index in [1.54, 1.807) is 19.2 Å². The van der Waals surface area contributed by atoms with Gasteiger partial charge in [-0.15, -0.1) is 0 Å². The summed E-state index contributed by atoms with van der Waals surface area (Å²) in [5.74, 6) is 0.779. The lowest BCUT2D eigenvalue weighted by atomic mass is 10.1. The van der Waals surface area contributed by atoms with Crippen LogP contribution in [-0.4, -0.2) is 35.0 Å². The van der Waals surface area contributed by atoms with Gasteiger partial charge in [-0.3, -0.25) is 9.59 Å². The van der Waals surface area contributed by atoms with E-state index in [1.807, 2.05) is 18.2 Å². The number of amides is 1. The van der Waals surface area contributed by atoms with Gasteiger partial charge in [0.15, 0.2) is 0 Å². The Morgan fingerprint density at radius 3 is 2.95 bits per heavy atom. The fourth-order valence-electron chi connectivity index (χ4n) is 2.71. The molecular weight excluding hydrogens is 280 g/mol. The van der Waals surface area contributed by atoms with E-state index >= 15 is 0 Å². The van der Waals surface area contributed by atoms with Crippen molar-refractivity contribution < 1.29 is 4.79 Å². The van der Waals surface area contributed by atoms with Gasteiger partial charge in [0, 0.05) is 37.1 Å². The number of nitrogens with one attached hydrogen (secondary N) is 2. The van der Waals surface area contributed by atoms with Gasteiger partial charge in [-0.2, -0.15) is 0 Å². The number of hydrogen-bond acceptors (Lipinski definition) is 4. The lowest BCUT2D eigenvalue weighted by Crippen LogP contribution is -2.37. The molecule has 3 heterocycles. The van der Waals surface area contributed by atoms with Gasteiger partial charge in [-0.25, -0.2) is 4.98 Å². The van der Waals surface area contributed by atoms with Crippen LogP contribution in [-0.2, 0) is 0 Å². The number of hydrogen-bond donors (Lipinski definition) is 2. The fraction of sp³-hybridized carbons (Fsp3) is 0.312. The van der Waals surface area contributed by atoms with Gasteiger partial charge in [-0.05, 0) is 31.5 Å². The number of aromatic nitrogens is 2. The second-order valence-electron chi connectivity index (χ2n) is 5.45. The first kappa shape index (κ1) is 14.3. The van der Waals surface area contributed by atoms with Crippen LogP contribution in [0.15, 0.2) is 41.3 Å². The number of aryl methyl sites for hydroxylation is 1. The van der Waals surface area contributed by atoms with Crippen LogP contribution in [0.2, 0.25) is 0 Å². The summed E-state index contributed by atoms with van der Waals surface area (Å²) in [6.45, 7) is 3.34. The highest BCUT2D eigenvalue weighted by Crippen LogP contribution is 2.17. The second-order valence-corrected chi connectivity index (χ2v) is 5.45. The topological polar surface area (TPSA) is 78.1 Å². The molecule has 1 fully saturated rings. The molecular formula is C16H18N4O2. The Kier molecular flexibility index (Phi) is 3.91. The normalized spacial score (nSPS) is 17.5. The van der Waals surface area contributed by atoms with Crippen molar-refractivity contribution in [2.75, 3.05) is 18.0 Å². The Morgan fingerprint density at radius 2 is 2.23 bits per heavy atom. The van der Waals surface area contributed by atoms with Crippen molar-refractivity contribution in [3.8, 4) is 0 Å². The molecule has 1 atom stereocenters. The summed E-state index contributed by atoms with van der Waals surface area (Å²) >= 11 is 0. The van der Waals surface area contributed by atoms with Crippen molar-refractivity contribution in [1.29, 1.82) is 0 Å². The number of rotatable bonds is 3. The van der Waals surface area contributed by atoms with Crippen LogP contribution in [0.4, 0.5) is 5.82 Å². The summed E-state index contributed by atoms with van der Waals surface area (Å²) < 4.78 is 0.